The fourth-order valence-corrected chi connectivity index (χ4v) is 33.6. The molecular weight excluding hydrogens is 556 g/mol. The van der Waals surface area contributed by atoms with Gasteiger partial charge in [-0.25, -0.2) is 0 Å². The van der Waals surface area contributed by atoms with Gasteiger partial charge in [0, 0.05) is 0 Å². The average molecular weight is 623 g/mol. The summed E-state index contributed by atoms with van der Waals surface area (Å²) in [6.45, 7) is 44.6. The lowest BCUT2D eigenvalue weighted by Crippen LogP contribution is -2.47. The standard InChI is InChI=1S/C39H67PSi2/c1-23(2)32-19-34(25(5)6)38(35(20-32)26(7)8)41(40-42(29(13)14,30(15)16)31(17)18)39-36(27(9)10)21-33(24(3)4)22-37(39)28(11)12/h19-31H,1-18H3. The third-order valence-corrected chi connectivity index (χ3v) is 31.4. The Morgan fingerprint density at radius 3 is 0.810 bits per heavy atom. The van der Waals surface area contributed by atoms with Crippen molar-refractivity contribution in [3.05, 3.63) is 57.6 Å². The van der Waals surface area contributed by atoms with Gasteiger partial charge < -0.3 is 0 Å². The van der Waals surface area contributed by atoms with Crippen LogP contribution in [0, 0.1) is 0 Å². The zero-order chi connectivity index (χ0) is 32.4. The molecule has 2 aromatic rings. The molecule has 0 nitrogen and oxygen atoms in total. The van der Waals surface area contributed by atoms with Crippen LogP contribution in [0.15, 0.2) is 24.3 Å². The van der Waals surface area contributed by atoms with Gasteiger partial charge in [0.1, 0.15) is 15.8 Å². The highest BCUT2D eigenvalue weighted by Crippen LogP contribution is 2.50. The zero-order valence-electron chi connectivity index (χ0n) is 31.0. The van der Waals surface area contributed by atoms with Gasteiger partial charge in [0.25, 0.3) is 0 Å². The summed E-state index contributed by atoms with van der Waals surface area (Å²) in [5.41, 5.74) is 11.9. The summed E-state index contributed by atoms with van der Waals surface area (Å²) < 4.78 is 0. The van der Waals surface area contributed by atoms with E-state index in [9.17, 15) is 0 Å². The summed E-state index contributed by atoms with van der Waals surface area (Å²) in [6, 6.07) is 10.5. The van der Waals surface area contributed by atoms with Crippen LogP contribution < -0.4 is 10.4 Å². The van der Waals surface area contributed by atoms with Gasteiger partial charge in [0.2, 0.25) is 0 Å². The Labute approximate surface area is 266 Å². The van der Waals surface area contributed by atoms with Crippen LogP contribution in [-0.2, 0) is 0 Å². The highest BCUT2D eigenvalue weighted by molar-refractivity contribution is 7.90. The van der Waals surface area contributed by atoms with E-state index in [4.69, 9.17) is 0 Å². The lowest BCUT2D eigenvalue weighted by molar-refractivity contribution is 0.810. The normalized spacial score (nSPS) is 13.2. The molecule has 2 rings (SSSR count). The molecule has 42 heavy (non-hydrogen) atoms. The second-order valence-corrected chi connectivity index (χ2v) is 29.4. The van der Waals surface area contributed by atoms with E-state index in [0.717, 1.165) is 16.6 Å². The Morgan fingerprint density at radius 1 is 0.405 bits per heavy atom. The van der Waals surface area contributed by atoms with E-state index in [1.807, 2.05) is 7.27 Å². The highest BCUT2D eigenvalue weighted by atomic mass is 31.4. The fourth-order valence-electron chi connectivity index (χ4n) is 7.28. The van der Waals surface area contributed by atoms with Gasteiger partial charge in [-0.1, -0.05) is 149 Å². The summed E-state index contributed by atoms with van der Waals surface area (Å²) in [7, 11) is -1.07. The molecule has 0 atom stereocenters. The Hall–Kier alpha value is -0.826. The summed E-state index contributed by atoms with van der Waals surface area (Å²) >= 11 is 0. The molecule has 0 spiro atoms. The molecule has 2 aromatic carbocycles. The zero-order valence-corrected chi connectivity index (χ0v) is 33.8. The number of hydrogen-bond donors (Lipinski definition) is 0. The lowest BCUT2D eigenvalue weighted by atomic mass is 9.89. The maximum Gasteiger partial charge on any atom is 0.112 e. The first-order valence-electron chi connectivity index (χ1n) is 17.2. The van der Waals surface area contributed by atoms with Crippen LogP contribution in [0.3, 0.4) is 0 Å². The number of hydrogen-bond acceptors (Lipinski definition) is 0. The quantitative estimate of drug-likeness (QED) is 0.163. The van der Waals surface area contributed by atoms with Crippen molar-refractivity contribution in [3.8, 4) is 0 Å². The molecule has 0 aliphatic carbocycles. The Balaban J connectivity index is 3.46. The van der Waals surface area contributed by atoms with Crippen LogP contribution in [0.5, 0.6) is 0 Å². The Kier molecular flexibility index (Phi) is 13.3. The molecule has 0 fully saturated rings. The summed E-state index contributed by atoms with van der Waals surface area (Å²) in [6.07, 6.45) is 0. The monoisotopic (exact) mass is 622 g/mol. The van der Waals surface area contributed by atoms with Crippen LogP contribution in [0.2, 0.25) is 16.6 Å². The molecule has 0 amide bonds. The van der Waals surface area contributed by atoms with Crippen molar-refractivity contribution in [3.63, 3.8) is 0 Å². The highest BCUT2D eigenvalue weighted by Gasteiger charge is 2.43. The van der Waals surface area contributed by atoms with E-state index < -0.39 is 15.8 Å². The van der Waals surface area contributed by atoms with Gasteiger partial charge in [-0.2, -0.15) is 0 Å². The maximum absolute atomic E-state index is 2.63. The SMILES string of the molecule is CC(C)c1cc(C(C)C)c([Si](=P[Si](C(C)C)(C(C)C)C(C)C)c2c(C(C)C)cc(C(C)C)cc2C(C)C)c(C(C)C)c1. The molecule has 0 radical (unpaired) electrons. The first-order valence-corrected chi connectivity index (χ1v) is 23.6. The first kappa shape index (κ1) is 37.4. The largest absolute Gasteiger partial charge is 0.144 e. The molecule has 0 bridgehead atoms. The van der Waals surface area contributed by atoms with Crippen LogP contribution >= 0.6 is 7.27 Å². The van der Waals surface area contributed by atoms with Crippen molar-refractivity contribution in [2.75, 3.05) is 0 Å². The van der Waals surface area contributed by atoms with Gasteiger partial charge >= 0.3 is 0 Å². The molecule has 0 aliphatic rings. The number of rotatable bonds is 12. The molecule has 0 saturated carbocycles. The molecule has 236 valence electrons. The van der Waals surface area contributed by atoms with E-state index in [-0.39, 0.29) is 0 Å². The van der Waals surface area contributed by atoms with Crippen molar-refractivity contribution >= 4 is 33.4 Å². The van der Waals surface area contributed by atoms with Gasteiger partial charge in [0.05, 0.1) is 0 Å². The molecule has 0 aliphatic heterocycles. The topological polar surface area (TPSA) is 0 Å². The summed E-state index contributed by atoms with van der Waals surface area (Å²) in [5, 5.41) is 3.55. The van der Waals surface area contributed by atoms with Gasteiger partial charge in [-0.3, -0.25) is 0 Å². The minimum atomic E-state index is -1.74. The third kappa shape index (κ3) is 7.69. The van der Waals surface area contributed by atoms with Gasteiger partial charge in [-0.15, -0.1) is 7.27 Å². The van der Waals surface area contributed by atoms with Gasteiger partial charge in [0.15, 0.2) is 0 Å². The van der Waals surface area contributed by atoms with E-state index in [0.29, 0.717) is 35.5 Å². The predicted octanol–water partition coefficient (Wildman–Crippen LogP) is 12.7. The second kappa shape index (κ2) is 15.0. The fraction of sp³-hybridized carbons (Fsp3) is 0.692. The van der Waals surface area contributed by atoms with Crippen molar-refractivity contribution in [2.45, 2.75) is 177 Å². The van der Waals surface area contributed by atoms with Crippen molar-refractivity contribution in [1.82, 2.24) is 0 Å². The Morgan fingerprint density at radius 2 is 0.643 bits per heavy atom. The third-order valence-electron chi connectivity index (χ3n) is 9.82. The van der Waals surface area contributed by atoms with Crippen LogP contribution in [0.1, 0.15) is 194 Å². The lowest BCUT2D eigenvalue weighted by Gasteiger charge is -2.41. The molecule has 3 heteroatoms. The van der Waals surface area contributed by atoms with E-state index in [1.165, 1.54) is 11.1 Å². The first-order chi connectivity index (χ1) is 19.3. The summed E-state index contributed by atoms with van der Waals surface area (Å²) in [4.78, 5) is 0. The average Bonchev–Trinajstić information content (AvgIpc) is 2.87. The van der Waals surface area contributed by atoms with Crippen LogP contribution in [0.25, 0.3) is 0 Å². The van der Waals surface area contributed by atoms with E-state index in [1.54, 1.807) is 32.6 Å². The van der Waals surface area contributed by atoms with Crippen LogP contribution in [0.4, 0.5) is 0 Å². The van der Waals surface area contributed by atoms with E-state index in [2.05, 4.69) is 149 Å². The maximum atomic E-state index is 2.63. The van der Waals surface area contributed by atoms with Crippen molar-refractivity contribution in [2.24, 2.45) is 0 Å². The van der Waals surface area contributed by atoms with Crippen molar-refractivity contribution < 1.29 is 0 Å². The van der Waals surface area contributed by atoms with Crippen LogP contribution in [-0.4, -0.2) is 15.8 Å². The molecule has 0 saturated heterocycles. The molecule has 0 N–H and O–H groups in total. The smallest absolute Gasteiger partial charge is 0.112 e. The molecular formula is C39H67PSi2. The minimum absolute atomic E-state index is 0.513. The minimum Gasteiger partial charge on any atom is -0.144 e. The van der Waals surface area contributed by atoms with E-state index >= 15 is 0 Å². The summed E-state index contributed by atoms with van der Waals surface area (Å²) in [5.74, 6) is 3.14. The second-order valence-electron chi connectivity index (χ2n) is 15.9. The number of benzene rings is 2. The van der Waals surface area contributed by atoms with Crippen molar-refractivity contribution in [1.29, 1.82) is 0 Å². The Bertz CT molecular complexity index is 1070. The van der Waals surface area contributed by atoms with Gasteiger partial charge in [-0.05, 0) is 95.9 Å². The predicted molar refractivity (Wildman–Crippen MR) is 200 cm³/mol. The molecule has 0 unspecified atom stereocenters. The molecule has 0 heterocycles. The molecule has 0 aromatic heterocycles.